The number of rotatable bonds is 9. The third kappa shape index (κ3) is 4.09. The van der Waals surface area contributed by atoms with E-state index in [2.05, 4.69) is 34.4 Å². The summed E-state index contributed by atoms with van der Waals surface area (Å²) < 4.78 is 32.2. The number of methoxy groups -OCH3 is 4. The van der Waals surface area contributed by atoms with Crippen molar-refractivity contribution >= 4 is 46.1 Å². The minimum absolute atomic E-state index is 0.0324. The van der Waals surface area contributed by atoms with E-state index in [4.69, 9.17) is 23.7 Å². The first-order chi connectivity index (χ1) is 23.8. The number of fused-ring (bicyclic) bond motifs is 2. The molecule has 1 aromatic rings. The molecule has 274 valence electrons. The zero-order valence-corrected chi connectivity index (χ0v) is 31.8. The lowest BCUT2D eigenvalue weighted by molar-refractivity contribution is -0.320. The van der Waals surface area contributed by atoms with Crippen LogP contribution in [-0.2, 0) is 33.3 Å². The van der Waals surface area contributed by atoms with E-state index >= 15 is 0 Å². The molecular formula is C37H49IN2O10. The van der Waals surface area contributed by atoms with Crippen LogP contribution in [0.4, 0.5) is 5.69 Å². The molecule has 2 amide bonds. The zero-order valence-electron chi connectivity index (χ0n) is 29.6. The molecule has 12 nitrogen and oxygen atoms in total. The number of carbonyl (C=O) groups is 3. The molecule has 1 aromatic carbocycles. The lowest BCUT2D eigenvalue weighted by Gasteiger charge is -2.70. The van der Waals surface area contributed by atoms with Gasteiger partial charge >= 0.3 is 5.97 Å². The van der Waals surface area contributed by atoms with Gasteiger partial charge < -0.3 is 33.9 Å². The van der Waals surface area contributed by atoms with E-state index in [0.717, 1.165) is 14.9 Å². The first kappa shape index (κ1) is 35.3. The van der Waals surface area contributed by atoms with Crippen LogP contribution in [0.25, 0.3) is 0 Å². The molecule has 1 unspecified atom stereocenters. The standard InChI is InChI=1S/C37H49IN2O10/c1-7-39-16-34(17-50-32(43)20-13-19(38)8-9-23(20)40-26(41)12-18(2)31(40)42)11-10-25(47-4)36-22-14-21-24(46-3)15-35(44,27(22)28(21)48-5)37(45,33(36)39)30(49-6)29(34)36/h8-9,13,18,21-22,24-25,27-30,33,44-45H,7,10-12,14-17H2,1-6H3/t18-,21+,22+,24-,25-,27+,28-,29?,30-,33+,34-,35+,36-,37-/m0/s1. The predicted octanol–water partition coefficient (Wildman–Crippen LogP) is 2.64. The Balaban J connectivity index is 1.24. The van der Waals surface area contributed by atoms with Gasteiger partial charge in [0.1, 0.15) is 11.2 Å². The molecule has 2 aliphatic heterocycles. The lowest BCUT2D eigenvalue weighted by atomic mass is 9.42. The largest absolute Gasteiger partial charge is 0.461 e. The summed E-state index contributed by atoms with van der Waals surface area (Å²) in [6, 6.07) is 4.59. The van der Waals surface area contributed by atoms with Crippen molar-refractivity contribution < 1.29 is 48.3 Å². The molecule has 8 rings (SSSR count). The number of hydrogen-bond donors (Lipinski definition) is 2. The Kier molecular flexibility index (Phi) is 8.40. The summed E-state index contributed by atoms with van der Waals surface area (Å²) in [6.07, 6.45) is 0.792. The van der Waals surface area contributed by atoms with E-state index in [1.165, 1.54) is 0 Å². The second-order valence-electron chi connectivity index (χ2n) is 16.1. The second kappa shape index (κ2) is 11.9. The minimum Gasteiger partial charge on any atom is -0.461 e. The fourth-order valence-corrected chi connectivity index (χ4v) is 13.7. The van der Waals surface area contributed by atoms with E-state index < -0.39 is 46.1 Å². The van der Waals surface area contributed by atoms with Crippen LogP contribution >= 0.6 is 22.6 Å². The summed E-state index contributed by atoms with van der Waals surface area (Å²) >= 11 is 2.11. The molecule has 50 heavy (non-hydrogen) atoms. The number of halogens is 1. The van der Waals surface area contributed by atoms with E-state index in [1.807, 2.05) is 0 Å². The topological polar surface area (TPSA) is 144 Å². The van der Waals surface area contributed by atoms with Gasteiger partial charge in [-0.1, -0.05) is 13.8 Å². The van der Waals surface area contributed by atoms with Crippen molar-refractivity contribution in [2.75, 3.05) is 53.0 Å². The number of benzene rings is 1. The Morgan fingerprint density at radius 1 is 1.08 bits per heavy atom. The average molecular weight is 809 g/mol. The summed E-state index contributed by atoms with van der Waals surface area (Å²) in [7, 11) is 6.71. The first-order valence-electron chi connectivity index (χ1n) is 18.0. The van der Waals surface area contributed by atoms with Crippen molar-refractivity contribution in [2.24, 2.45) is 40.4 Å². The monoisotopic (exact) mass is 808 g/mol. The van der Waals surface area contributed by atoms with Gasteiger partial charge in [-0.25, -0.2) is 9.69 Å². The van der Waals surface area contributed by atoms with Gasteiger partial charge in [0.15, 0.2) is 0 Å². The number of esters is 1. The Hall–Kier alpha value is -1.72. The van der Waals surface area contributed by atoms with Crippen LogP contribution in [0.5, 0.6) is 0 Å². The van der Waals surface area contributed by atoms with Crippen LogP contribution in [-0.4, -0.2) is 123 Å². The van der Waals surface area contributed by atoms with Crippen molar-refractivity contribution in [3.63, 3.8) is 0 Å². The molecule has 13 heteroatoms. The maximum absolute atomic E-state index is 14.2. The van der Waals surface area contributed by atoms with Gasteiger partial charge in [-0.2, -0.15) is 0 Å². The summed E-state index contributed by atoms with van der Waals surface area (Å²) in [5.41, 5.74) is -4.18. The highest BCUT2D eigenvalue weighted by molar-refractivity contribution is 14.1. The third-order valence-electron chi connectivity index (χ3n) is 14.6. The van der Waals surface area contributed by atoms with Crippen molar-refractivity contribution in [3.8, 4) is 0 Å². The molecule has 5 saturated carbocycles. The zero-order chi connectivity index (χ0) is 35.7. The molecule has 1 spiro atoms. The molecule has 7 bridgehead atoms. The van der Waals surface area contributed by atoms with Gasteiger partial charge in [0.25, 0.3) is 0 Å². The summed E-state index contributed by atoms with van der Waals surface area (Å²) in [4.78, 5) is 43.6. The van der Waals surface area contributed by atoms with E-state index in [-0.39, 0.29) is 84.5 Å². The van der Waals surface area contributed by atoms with Crippen molar-refractivity contribution in [2.45, 2.75) is 87.6 Å². The van der Waals surface area contributed by atoms with Crippen molar-refractivity contribution in [1.29, 1.82) is 0 Å². The molecule has 5 aliphatic carbocycles. The number of hydrogen-bond acceptors (Lipinski definition) is 11. The maximum Gasteiger partial charge on any atom is 0.340 e. The number of likely N-dealkylation sites (N-methyl/N-ethyl adjacent to an activating group) is 1. The summed E-state index contributed by atoms with van der Waals surface area (Å²) in [6.45, 7) is 4.95. The number of carbonyl (C=O) groups excluding carboxylic acids is 3. The maximum atomic E-state index is 14.2. The van der Waals surface area contributed by atoms with Crippen molar-refractivity contribution in [1.82, 2.24) is 4.90 Å². The predicted molar refractivity (Wildman–Crippen MR) is 187 cm³/mol. The Morgan fingerprint density at radius 2 is 1.84 bits per heavy atom. The number of amides is 2. The number of ether oxygens (including phenoxy) is 5. The number of likely N-dealkylation sites (tertiary alicyclic amines) is 1. The molecule has 2 heterocycles. The molecule has 2 saturated heterocycles. The van der Waals surface area contributed by atoms with Gasteiger partial charge in [0, 0.05) is 85.9 Å². The molecule has 0 aromatic heterocycles. The molecule has 14 atom stereocenters. The fraction of sp³-hybridized carbons (Fsp3) is 0.757. The first-order valence-corrected chi connectivity index (χ1v) is 19.1. The molecule has 7 fully saturated rings. The van der Waals surface area contributed by atoms with E-state index in [0.29, 0.717) is 25.9 Å². The molecule has 0 radical (unpaired) electrons. The fourth-order valence-electron chi connectivity index (χ4n) is 13.2. The number of aliphatic hydroxyl groups is 2. The average Bonchev–Trinajstić information content (AvgIpc) is 3.63. The van der Waals surface area contributed by atoms with Crippen molar-refractivity contribution in [3.05, 3.63) is 27.3 Å². The van der Waals surface area contributed by atoms with Gasteiger partial charge in [-0.3, -0.25) is 14.5 Å². The van der Waals surface area contributed by atoms with E-state index in [9.17, 15) is 24.6 Å². The number of nitrogens with zero attached hydrogens (tertiary/aromatic N) is 2. The Labute approximate surface area is 306 Å². The smallest absolute Gasteiger partial charge is 0.340 e. The number of anilines is 1. The normalized spacial score (nSPS) is 47.3. The van der Waals surface area contributed by atoms with E-state index in [1.54, 1.807) is 53.6 Å². The summed E-state index contributed by atoms with van der Waals surface area (Å²) in [5.74, 6) is -2.49. The Bertz CT molecular complexity index is 1610. The second-order valence-corrected chi connectivity index (χ2v) is 17.3. The van der Waals surface area contributed by atoms with Crippen LogP contribution in [0.3, 0.4) is 0 Å². The van der Waals surface area contributed by atoms with Crippen LogP contribution in [0.1, 0.15) is 56.3 Å². The minimum atomic E-state index is -1.70. The molecule has 2 N–H and O–H groups in total. The SMILES string of the molecule is CCN1C[C@]2(COC(=O)c3cc(I)ccc3N3C(=O)C[C@H](C)C3=O)CC[C@H](OC)[C@@]34C2[C@H](OC)[C@](O)([C@H]13)[C@@]1(O)C[C@H](OC)[C@H]2C[C@@H]4[C@@H]1[C@H]2OC. The van der Waals surface area contributed by atoms with Crippen LogP contribution in [0.2, 0.25) is 0 Å². The van der Waals surface area contributed by atoms with Gasteiger partial charge in [-0.05, 0) is 72.5 Å². The van der Waals surface area contributed by atoms with Gasteiger partial charge in [-0.15, -0.1) is 0 Å². The molecule has 7 aliphatic rings. The third-order valence-corrected chi connectivity index (χ3v) is 15.3. The number of imide groups is 1. The Morgan fingerprint density at radius 3 is 2.46 bits per heavy atom. The highest BCUT2D eigenvalue weighted by Crippen LogP contribution is 2.80. The van der Waals surface area contributed by atoms with Crippen LogP contribution < -0.4 is 4.90 Å². The quantitative estimate of drug-likeness (QED) is 0.216. The van der Waals surface area contributed by atoms with Gasteiger partial charge in [0.2, 0.25) is 11.8 Å². The molecular weight excluding hydrogens is 759 g/mol. The lowest BCUT2D eigenvalue weighted by Crippen LogP contribution is -2.82. The van der Waals surface area contributed by atoms with Gasteiger partial charge in [0.05, 0.1) is 48.3 Å². The summed E-state index contributed by atoms with van der Waals surface area (Å²) in [5, 5.41) is 26.6. The highest BCUT2D eigenvalue weighted by atomic mass is 127. The van der Waals surface area contributed by atoms with Crippen LogP contribution in [0, 0.1) is 44.0 Å². The number of piperidine rings is 1. The van der Waals surface area contributed by atoms with Crippen LogP contribution in [0.15, 0.2) is 18.2 Å². The highest BCUT2D eigenvalue weighted by Gasteiger charge is 2.91.